The fraction of sp³-hybridized carbons (Fsp3) is 0.286. The van der Waals surface area contributed by atoms with Crippen molar-refractivity contribution in [3.05, 3.63) is 82.2 Å². The largest absolute Gasteiger partial charge is 0.744 e. The standard InChI is InChI=1S/C19H19N3.C9H12O3S/c1-4-13-11-18-19-14-8-6-7-9-16(14)20-17(19)10-12(3)22(18)21-15(13)5-2;1-6-4-7(2)9(8(3)5-6)13(10,11)12/h6-11H,4-5H2,1-3H3;4-5H,1-3H3,(H,10,11,12). The van der Waals surface area contributed by atoms with Crippen LogP contribution in [0.4, 0.5) is 0 Å². The number of aromatic amines is 1. The molecule has 0 aliphatic heterocycles. The van der Waals surface area contributed by atoms with E-state index >= 15 is 0 Å². The van der Waals surface area contributed by atoms with Gasteiger partial charge in [-0.3, -0.25) is 0 Å². The Kier molecular flexibility index (Phi) is 6.66. The summed E-state index contributed by atoms with van der Waals surface area (Å²) in [6.07, 6.45) is 2.06. The first-order valence-corrected chi connectivity index (χ1v) is 13.2. The van der Waals surface area contributed by atoms with Crippen molar-refractivity contribution in [3.63, 3.8) is 0 Å². The SMILES string of the molecule is CCc1cc2c3c(cc(C)[n+]2[nH]c1CC)nc1ccccc13.Cc1cc(C)c(S(=O)(=O)[O-])c(C)c1. The molecule has 7 heteroatoms. The van der Waals surface area contributed by atoms with Crippen molar-refractivity contribution in [1.82, 2.24) is 10.1 Å². The number of hydrogen-bond acceptors (Lipinski definition) is 4. The summed E-state index contributed by atoms with van der Waals surface area (Å²) in [6.45, 7) is 11.7. The van der Waals surface area contributed by atoms with Crippen LogP contribution < -0.4 is 4.52 Å². The van der Waals surface area contributed by atoms with E-state index in [1.54, 1.807) is 26.0 Å². The molecule has 3 aromatic heterocycles. The lowest BCUT2D eigenvalue weighted by Gasteiger charge is -2.14. The second-order valence-corrected chi connectivity index (χ2v) is 10.4. The Morgan fingerprint density at radius 3 is 2.17 bits per heavy atom. The molecular formula is C28H31N3O3S. The van der Waals surface area contributed by atoms with Crippen LogP contribution in [0.1, 0.15) is 47.5 Å². The van der Waals surface area contributed by atoms with E-state index < -0.39 is 10.1 Å². The Morgan fingerprint density at radius 2 is 1.57 bits per heavy atom. The van der Waals surface area contributed by atoms with Crippen LogP contribution in [0.15, 0.2) is 53.4 Å². The van der Waals surface area contributed by atoms with Crippen LogP contribution in [0.25, 0.3) is 27.3 Å². The minimum absolute atomic E-state index is 0.0851. The topological polar surface area (TPSA) is 90.0 Å². The summed E-state index contributed by atoms with van der Waals surface area (Å²) in [5, 5.41) is 6.08. The number of rotatable bonds is 3. The molecule has 0 aliphatic rings. The van der Waals surface area contributed by atoms with Gasteiger partial charge in [0.2, 0.25) is 11.2 Å². The Morgan fingerprint density at radius 1 is 0.914 bits per heavy atom. The highest BCUT2D eigenvalue weighted by molar-refractivity contribution is 7.85. The van der Waals surface area contributed by atoms with Crippen LogP contribution in [0.3, 0.4) is 0 Å². The van der Waals surface area contributed by atoms with E-state index in [1.165, 1.54) is 33.2 Å². The monoisotopic (exact) mass is 489 g/mol. The molecular weight excluding hydrogens is 458 g/mol. The summed E-state index contributed by atoms with van der Waals surface area (Å²) in [5.41, 5.74) is 9.26. The number of aromatic nitrogens is 3. The molecule has 0 bridgehead atoms. The Bertz CT molecular complexity index is 1660. The van der Waals surface area contributed by atoms with Crippen molar-refractivity contribution < 1.29 is 17.5 Å². The lowest BCUT2D eigenvalue weighted by atomic mass is 10.1. The summed E-state index contributed by atoms with van der Waals surface area (Å²) in [4.78, 5) is 4.71. The maximum absolute atomic E-state index is 10.8. The molecule has 3 heterocycles. The fourth-order valence-corrected chi connectivity index (χ4v) is 5.88. The molecule has 2 aromatic carbocycles. The van der Waals surface area contributed by atoms with Gasteiger partial charge in [0.25, 0.3) is 0 Å². The maximum atomic E-state index is 10.8. The summed E-state index contributed by atoms with van der Waals surface area (Å²) >= 11 is 0. The van der Waals surface area contributed by atoms with Crippen molar-refractivity contribution in [2.75, 3.05) is 0 Å². The summed E-state index contributed by atoms with van der Waals surface area (Å²) < 4.78 is 34.7. The number of pyridine rings is 1. The summed E-state index contributed by atoms with van der Waals surface area (Å²) in [6, 6.07) is 16.3. The number of nitrogens with zero attached hydrogens (tertiary/aromatic N) is 2. The predicted octanol–water partition coefficient (Wildman–Crippen LogP) is 5.40. The molecule has 5 rings (SSSR count). The fourth-order valence-electron chi connectivity index (χ4n) is 4.97. The lowest BCUT2D eigenvalue weighted by Crippen LogP contribution is -2.32. The van der Waals surface area contributed by atoms with E-state index in [9.17, 15) is 13.0 Å². The lowest BCUT2D eigenvalue weighted by molar-refractivity contribution is -0.587. The van der Waals surface area contributed by atoms with E-state index in [4.69, 9.17) is 4.98 Å². The normalized spacial score (nSPS) is 11.7. The van der Waals surface area contributed by atoms with Crippen LogP contribution in [0.5, 0.6) is 0 Å². The number of para-hydroxylation sites is 1. The number of aryl methyl sites for hydroxylation is 6. The smallest absolute Gasteiger partial charge is 0.246 e. The first-order chi connectivity index (χ1) is 16.5. The van der Waals surface area contributed by atoms with Crippen molar-refractivity contribution in [3.8, 4) is 0 Å². The molecule has 35 heavy (non-hydrogen) atoms. The minimum Gasteiger partial charge on any atom is -0.744 e. The third-order valence-corrected chi connectivity index (χ3v) is 7.54. The average molecular weight is 490 g/mol. The van der Waals surface area contributed by atoms with E-state index in [-0.39, 0.29) is 4.90 Å². The van der Waals surface area contributed by atoms with E-state index in [2.05, 4.69) is 66.8 Å². The second-order valence-electron chi connectivity index (χ2n) is 9.04. The van der Waals surface area contributed by atoms with Gasteiger partial charge in [0.05, 0.1) is 27.0 Å². The predicted molar refractivity (Wildman–Crippen MR) is 139 cm³/mol. The molecule has 0 saturated carbocycles. The molecule has 0 fully saturated rings. The molecule has 0 aliphatic carbocycles. The number of H-pyrrole nitrogens is 1. The van der Waals surface area contributed by atoms with Gasteiger partial charge >= 0.3 is 0 Å². The zero-order valence-electron chi connectivity index (χ0n) is 21.1. The molecule has 0 spiro atoms. The van der Waals surface area contributed by atoms with Gasteiger partial charge < -0.3 is 4.55 Å². The number of benzene rings is 2. The summed E-state index contributed by atoms with van der Waals surface area (Å²) in [5.74, 6) is 0. The minimum atomic E-state index is -4.33. The average Bonchev–Trinajstić information content (AvgIpc) is 3.15. The quantitative estimate of drug-likeness (QED) is 0.271. The number of hydrogen-bond donors (Lipinski definition) is 1. The van der Waals surface area contributed by atoms with Gasteiger partial charge in [-0.05, 0) is 56.4 Å². The number of fused-ring (bicyclic) bond motifs is 5. The van der Waals surface area contributed by atoms with E-state index in [0.717, 1.165) is 29.4 Å². The summed E-state index contributed by atoms with van der Waals surface area (Å²) in [7, 11) is -4.33. The zero-order chi connectivity index (χ0) is 25.5. The molecule has 5 aromatic rings. The van der Waals surface area contributed by atoms with Crippen molar-refractivity contribution in [1.29, 1.82) is 0 Å². The first-order valence-electron chi connectivity index (χ1n) is 11.8. The van der Waals surface area contributed by atoms with Crippen molar-refractivity contribution >= 4 is 37.4 Å². The van der Waals surface area contributed by atoms with Gasteiger partial charge in [0, 0.05) is 24.4 Å². The van der Waals surface area contributed by atoms with Gasteiger partial charge in [-0.25, -0.2) is 13.4 Å². The van der Waals surface area contributed by atoms with Gasteiger partial charge in [-0.1, -0.05) is 54.3 Å². The Labute approximate surface area is 206 Å². The van der Waals surface area contributed by atoms with Gasteiger partial charge in [-0.15, -0.1) is 0 Å². The van der Waals surface area contributed by atoms with Crippen LogP contribution in [-0.4, -0.2) is 23.1 Å². The van der Waals surface area contributed by atoms with Crippen LogP contribution in [0, 0.1) is 27.7 Å². The molecule has 0 radical (unpaired) electrons. The molecule has 0 saturated heterocycles. The zero-order valence-corrected chi connectivity index (χ0v) is 21.9. The van der Waals surface area contributed by atoms with Crippen molar-refractivity contribution in [2.24, 2.45) is 0 Å². The molecule has 0 amide bonds. The van der Waals surface area contributed by atoms with Crippen LogP contribution in [-0.2, 0) is 23.0 Å². The molecule has 6 nitrogen and oxygen atoms in total. The van der Waals surface area contributed by atoms with Crippen LogP contribution in [0.2, 0.25) is 0 Å². The highest BCUT2D eigenvalue weighted by Crippen LogP contribution is 2.28. The second kappa shape index (κ2) is 9.40. The molecule has 1 N–H and O–H groups in total. The van der Waals surface area contributed by atoms with Crippen LogP contribution >= 0.6 is 0 Å². The first kappa shape index (κ1) is 24.8. The highest BCUT2D eigenvalue weighted by atomic mass is 32.2. The molecule has 0 atom stereocenters. The third-order valence-electron chi connectivity index (χ3n) is 6.40. The molecule has 182 valence electrons. The Hall–Kier alpha value is -3.29. The van der Waals surface area contributed by atoms with Gasteiger partial charge in [0.15, 0.2) is 0 Å². The third kappa shape index (κ3) is 4.66. The molecule has 0 unspecified atom stereocenters. The van der Waals surface area contributed by atoms with E-state index in [1.807, 2.05) is 6.92 Å². The maximum Gasteiger partial charge on any atom is 0.246 e. The van der Waals surface area contributed by atoms with E-state index in [0.29, 0.717) is 11.1 Å². The van der Waals surface area contributed by atoms with Gasteiger partial charge in [0.1, 0.15) is 10.1 Å². The number of nitrogens with one attached hydrogen (secondary N) is 1. The highest BCUT2D eigenvalue weighted by Gasteiger charge is 2.19. The Balaban J connectivity index is 0.000000191. The van der Waals surface area contributed by atoms with Crippen molar-refractivity contribution in [2.45, 2.75) is 59.3 Å². The van der Waals surface area contributed by atoms with Gasteiger partial charge in [-0.2, -0.15) is 5.10 Å².